The van der Waals surface area contributed by atoms with E-state index >= 15 is 0 Å². The first-order valence-corrected chi connectivity index (χ1v) is 8.86. The number of amides is 2. The molecule has 1 heterocycles. The third-order valence-corrected chi connectivity index (χ3v) is 4.69. The number of aryl methyl sites for hydroxylation is 1. The highest BCUT2D eigenvalue weighted by molar-refractivity contribution is 5.90. The first kappa shape index (κ1) is 16.8. The summed E-state index contributed by atoms with van der Waals surface area (Å²) in [6.45, 7) is 5.11. The van der Waals surface area contributed by atoms with Gasteiger partial charge in [-0.1, -0.05) is 17.7 Å². The molecule has 5 nitrogen and oxygen atoms in total. The lowest BCUT2D eigenvalue weighted by atomic mass is 10.2. The van der Waals surface area contributed by atoms with Crippen molar-refractivity contribution < 1.29 is 14.3 Å². The number of hydrogen-bond acceptors (Lipinski definition) is 3. The second-order valence-electron chi connectivity index (χ2n) is 6.95. The van der Waals surface area contributed by atoms with Gasteiger partial charge in [-0.3, -0.25) is 9.59 Å². The fraction of sp³-hybridized carbons (Fsp3) is 0.579. The summed E-state index contributed by atoms with van der Waals surface area (Å²) in [5.74, 6) is 1.08. The van der Waals surface area contributed by atoms with Crippen molar-refractivity contribution in [2.75, 3.05) is 13.1 Å². The summed E-state index contributed by atoms with van der Waals surface area (Å²) in [5.41, 5.74) is 1.19. The van der Waals surface area contributed by atoms with Crippen LogP contribution in [-0.4, -0.2) is 41.9 Å². The van der Waals surface area contributed by atoms with Crippen molar-refractivity contribution >= 4 is 11.8 Å². The fourth-order valence-corrected chi connectivity index (χ4v) is 3.12. The van der Waals surface area contributed by atoms with Crippen molar-refractivity contribution in [3.8, 4) is 5.75 Å². The Kier molecular flexibility index (Phi) is 5.07. The molecule has 1 saturated heterocycles. The SMILES string of the molecule is Cc1ccc(O[C@@H](C)CNC(=O)[C@@H]2CCCN2C(=O)C2CC2)cc1. The van der Waals surface area contributed by atoms with Crippen LogP contribution in [0.15, 0.2) is 24.3 Å². The zero-order valence-electron chi connectivity index (χ0n) is 14.5. The molecule has 5 heteroatoms. The Hall–Kier alpha value is -2.04. The number of ether oxygens (including phenoxy) is 1. The average Bonchev–Trinajstić information content (AvgIpc) is 3.30. The van der Waals surface area contributed by atoms with Gasteiger partial charge >= 0.3 is 0 Å². The van der Waals surface area contributed by atoms with Crippen molar-refractivity contribution in [2.24, 2.45) is 5.92 Å². The Bertz CT molecular complexity index is 595. The minimum absolute atomic E-state index is 0.0548. The van der Waals surface area contributed by atoms with Crippen LogP contribution in [0.2, 0.25) is 0 Å². The Morgan fingerprint density at radius 2 is 1.96 bits per heavy atom. The van der Waals surface area contributed by atoms with E-state index in [1.54, 1.807) is 4.90 Å². The second-order valence-corrected chi connectivity index (χ2v) is 6.95. The summed E-state index contributed by atoms with van der Waals surface area (Å²) in [6, 6.07) is 7.56. The summed E-state index contributed by atoms with van der Waals surface area (Å²) in [5, 5.41) is 2.94. The van der Waals surface area contributed by atoms with Gasteiger partial charge in [0.2, 0.25) is 11.8 Å². The Morgan fingerprint density at radius 3 is 2.62 bits per heavy atom. The predicted molar refractivity (Wildman–Crippen MR) is 91.7 cm³/mol. The molecule has 0 unspecified atom stereocenters. The lowest BCUT2D eigenvalue weighted by molar-refractivity contribution is -0.139. The quantitative estimate of drug-likeness (QED) is 0.870. The van der Waals surface area contributed by atoms with Gasteiger partial charge in [-0.2, -0.15) is 0 Å². The number of rotatable bonds is 6. The molecule has 1 aliphatic carbocycles. The molecule has 0 spiro atoms. The summed E-state index contributed by atoms with van der Waals surface area (Å²) in [7, 11) is 0. The number of likely N-dealkylation sites (tertiary alicyclic amines) is 1. The van der Waals surface area contributed by atoms with Gasteiger partial charge < -0.3 is 15.0 Å². The van der Waals surface area contributed by atoms with Crippen LogP contribution >= 0.6 is 0 Å². The largest absolute Gasteiger partial charge is 0.489 e. The molecule has 0 radical (unpaired) electrons. The molecule has 1 aromatic rings. The number of hydrogen-bond donors (Lipinski definition) is 1. The van der Waals surface area contributed by atoms with Crippen LogP contribution in [0.3, 0.4) is 0 Å². The maximum atomic E-state index is 12.4. The molecule has 2 fully saturated rings. The molecule has 1 aromatic carbocycles. The monoisotopic (exact) mass is 330 g/mol. The molecule has 1 N–H and O–H groups in total. The maximum Gasteiger partial charge on any atom is 0.242 e. The molecule has 1 saturated carbocycles. The van der Waals surface area contributed by atoms with Gasteiger partial charge in [0.05, 0.1) is 6.54 Å². The van der Waals surface area contributed by atoms with E-state index in [1.165, 1.54) is 5.56 Å². The topological polar surface area (TPSA) is 58.6 Å². The van der Waals surface area contributed by atoms with E-state index in [0.29, 0.717) is 13.1 Å². The molecule has 3 rings (SSSR count). The normalized spacial score (nSPS) is 21.4. The van der Waals surface area contributed by atoms with E-state index in [-0.39, 0.29) is 29.9 Å². The van der Waals surface area contributed by atoms with Gasteiger partial charge in [-0.15, -0.1) is 0 Å². The van der Waals surface area contributed by atoms with Gasteiger partial charge in [0.15, 0.2) is 0 Å². The lowest BCUT2D eigenvalue weighted by Crippen LogP contribution is -2.48. The van der Waals surface area contributed by atoms with Crippen molar-refractivity contribution in [1.82, 2.24) is 10.2 Å². The minimum atomic E-state index is -0.301. The van der Waals surface area contributed by atoms with Gasteiger partial charge in [-0.25, -0.2) is 0 Å². The van der Waals surface area contributed by atoms with Crippen molar-refractivity contribution in [3.63, 3.8) is 0 Å². The van der Waals surface area contributed by atoms with E-state index in [9.17, 15) is 9.59 Å². The van der Waals surface area contributed by atoms with Crippen LogP contribution in [-0.2, 0) is 9.59 Å². The smallest absolute Gasteiger partial charge is 0.242 e. The zero-order valence-corrected chi connectivity index (χ0v) is 14.5. The van der Waals surface area contributed by atoms with Gasteiger partial charge in [0.1, 0.15) is 17.9 Å². The highest BCUT2D eigenvalue weighted by Crippen LogP contribution is 2.33. The summed E-state index contributed by atoms with van der Waals surface area (Å²) in [6.07, 6.45) is 3.50. The molecule has 2 aliphatic rings. The second kappa shape index (κ2) is 7.24. The van der Waals surface area contributed by atoms with E-state index in [2.05, 4.69) is 5.32 Å². The number of carbonyl (C=O) groups excluding carboxylic acids is 2. The molecule has 2 amide bonds. The Labute approximate surface area is 143 Å². The average molecular weight is 330 g/mol. The Morgan fingerprint density at radius 1 is 1.25 bits per heavy atom. The van der Waals surface area contributed by atoms with E-state index in [1.807, 2.05) is 38.1 Å². The number of carbonyl (C=O) groups is 2. The van der Waals surface area contributed by atoms with E-state index < -0.39 is 0 Å². The van der Waals surface area contributed by atoms with Crippen LogP contribution in [0.5, 0.6) is 5.75 Å². The maximum absolute atomic E-state index is 12.4. The third kappa shape index (κ3) is 4.08. The first-order chi connectivity index (χ1) is 11.5. The molecule has 1 aliphatic heterocycles. The van der Waals surface area contributed by atoms with Crippen LogP contribution in [0.4, 0.5) is 0 Å². The molecular formula is C19H26N2O3. The molecule has 130 valence electrons. The molecular weight excluding hydrogens is 304 g/mol. The van der Waals surface area contributed by atoms with Crippen LogP contribution in [0.25, 0.3) is 0 Å². The van der Waals surface area contributed by atoms with Gasteiger partial charge in [0, 0.05) is 12.5 Å². The standard InChI is InChI=1S/C19H26N2O3/c1-13-5-9-16(10-6-13)24-14(2)12-20-18(22)17-4-3-11-21(17)19(23)15-7-8-15/h5-6,9-10,14-15,17H,3-4,7-8,11-12H2,1-2H3,(H,20,22)/t14-,17-/m0/s1. The number of nitrogens with zero attached hydrogens (tertiary/aromatic N) is 1. The molecule has 0 bridgehead atoms. The summed E-state index contributed by atoms with van der Waals surface area (Å²) < 4.78 is 5.81. The molecule has 24 heavy (non-hydrogen) atoms. The van der Waals surface area contributed by atoms with E-state index in [4.69, 9.17) is 4.74 Å². The number of nitrogens with one attached hydrogen (secondary N) is 1. The highest BCUT2D eigenvalue weighted by Gasteiger charge is 2.40. The third-order valence-electron chi connectivity index (χ3n) is 4.69. The highest BCUT2D eigenvalue weighted by atomic mass is 16.5. The minimum Gasteiger partial charge on any atom is -0.489 e. The van der Waals surface area contributed by atoms with Crippen LogP contribution in [0, 0.1) is 12.8 Å². The number of benzene rings is 1. The fourth-order valence-electron chi connectivity index (χ4n) is 3.12. The van der Waals surface area contributed by atoms with Crippen molar-refractivity contribution in [1.29, 1.82) is 0 Å². The van der Waals surface area contributed by atoms with Gasteiger partial charge in [0.25, 0.3) is 0 Å². The summed E-state index contributed by atoms with van der Waals surface area (Å²) in [4.78, 5) is 26.5. The molecule has 0 aromatic heterocycles. The van der Waals surface area contributed by atoms with Crippen LogP contribution < -0.4 is 10.1 Å². The van der Waals surface area contributed by atoms with Crippen LogP contribution in [0.1, 0.15) is 38.2 Å². The predicted octanol–water partition coefficient (Wildman–Crippen LogP) is 2.28. The Balaban J connectivity index is 1.47. The van der Waals surface area contributed by atoms with Crippen molar-refractivity contribution in [3.05, 3.63) is 29.8 Å². The molecule has 2 atom stereocenters. The first-order valence-electron chi connectivity index (χ1n) is 8.86. The summed E-state index contributed by atoms with van der Waals surface area (Å²) >= 11 is 0. The lowest BCUT2D eigenvalue weighted by Gasteiger charge is -2.24. The van der Waals surface area contributed by atoms with Crippen molar-refractivity contribution in [2.45, 2.75) is 51.7 Å². The van der Waals surface area contributed by atoms with E-state index in [0.717, 1.165) is 31.4 Å². The van der Waals surface area contributed by atoms with Gasteiger partial charge in [-0.05, 0) is 51.7 Å². The zero-order chi connectivity index (χ0) is 17.1.